The zero-order chi connectivity index (χ0) is 36.0. The van der Waals surface area contributed by atoms with Crippen LogP contribution in [0, 0.1) is 0 Å². The van der Waals surface area contributed by atoms with Gasteiger partial charge in [0.2, 0.25) is 0 Å². The molecule has 0 radical (unpaired) electrons. The molecule has 0 saturated carbocycles. The summed E-state index contributed by atoms with van der Waals surface area (Å²) in [5, 5.41) is 25.8. The number of hydrogen-bond acceptors (Lipinski definition) is 5. The maximum atomic E-state index is 14.6. The van der Waals surface area contributed by atoms with Crippen molar-refractivity contribution in [2.45, 2.75) is 84.3 Å². The molecule has 0 aromatic heterocycles. The molecular weight excluding hydrogens is 688 g/mol. The molecule has 0 spiro atoms. The summed E-state index contributed by atoms with van der Waals surface area (Å²) in [6.45, 7) is -4.15. The molecular formula is C19H16F20O5. The molecule has 262 valence electrons. The van der Waals surface area contributed by atoms with Crippen molar-refractivity contribution >= 4 is 5.97 Å². The van der Waals surface area contributed by atoms with E-state index < -0.39 is 110 Å². The fourth-order valence-electron chi connectivity index (χ4n) is 2.87. The van der Waals surface area contributed by atoms with E-state index in [4.69, 9.17) is 10.2 Å². The predicted molar refractivity (Wildman–Crippen MR) is 98.7 cm³/mol. The molecule has 0 fully saturated rings. The monoisotopic (exact) mass is 704 g/mol. The summed E-state index contributed by atoms with van der Waals surface area (Å²) in [6, 6.07) is 0. The van der Waals surface area contributed by atoms with Crippen LogP contribution >= 0.6 is 0 Å². The number of esters is 1. The van der Waals surface area contributed by atoms with Gasteiger partial charge in [0.15, 0.2) is 0 Å². The van der Waals surface area contributed by atoms with Crippen LogP contribution in [-0.4, -0.2) is 99.5 Å². The molecule has 0 bridgehead atoms. The highest BCUT2D eigenvalue weighted by Crippen LogP contribution is 2.60. The van der Waals surface area contributed by atoms with Crippen LogP contribution in [-0.2, 0) is 9.53 Å². The fraction of sp³-hybridized carbons (Fsp3) is 0.842. The lowest BCUT2D eigenvalue weighted by molar-refractivity contribution is -0.438. The minimum atomic E-state index is -8.31. The van der Waals surface area contributed by atoms with Gasteiger partial charge < -0.3 is 20.1 Å². The van der Waals surface area contributed by atoms with E-state index in [9.17, 15) is 97.7 Å². The molecule has 0 amide bonds. The summed E-state index contributed by atoms with van der Waals surface area (Å²) in [7, 11) is 0. The first-order chi connectivity index (χ1) is 19.0. The molecule has 0 aromatic rings. The molecule has 3 N–H and O–H groups in total. The topological polar surface area (TPSA) is 87.0 Å². The lowest BCUT2D eigenvalue weighted by Crippen LogP contribution is -2.72. The Labute approximate surface area is 230 Å². The zero-order valence-corrected chi connectivity index (χ0v) is 20.5. The number of aliphatic hydroxyl groups is 3. The second-order valence-electron chi connectivity index (χ2n) is 8.80. The Hall–Kier alpha value is -2.31. The van der Waals surface area contributed by atoms with Crippen LogP contribution in [0.15, 0.2) is 12.7 Å². The molecule has 0 aliphatic heterocycles. The molecule has 0 aliphatic rings. The number of rotatable bonds is 17. The van der Waals surface area contributed by atoms with E-state index in [1.165, 1.54) is 0 Å². The van der Waals surface area contributed by atoms with Gasteiger partial charge >= 0.3 is 65.2 Å². The largest absolute Gasteiger partial charge is 0.423 e. The number of halogens is 20. The van der Waals surface area contributed by atoms with E-state index in [1.54, 1.807) is 0 Å². The molecule has 44 heavy (non-hydrogen) atoms. The Kier molecular flexibility index (Phi) is 11.2. The third-order valence-electron chi connectivity index (χ3n) is 5.62. The lowest BCUT2D eigenvalue weighted by Gasteiger charge is -2.44. The van der Waals surface area contributed by atoms with Crippen molar-refractivity contribution in [2.24, 2.45) is 0 Å². The molecule has 5 nitrogen and oxygen atoms in total. The van der Waals surface area contributed by atoms with Gasteiger partial charge in [-0.1, -0.05) is 6.58 Å². The van der Waals surface area contributed by atoms with Crippen molar-refractivity contribution < 1.29 is 113 Å². The molecule has 0 aliphatic carbocycles. The Bertz CT molecular complexity index is 1040. The van der Waals surface area contributed by atoms with Gasteiger partial charge in [-0.25, -0.2) is 4.79 Å². The van der Waals surface area contributed by atoms with Crippen molar-refractivity contribution in [2.75, 3.05) is 13.2 Å². The van der Waals surface area contributed by atoms with Crippen molar-refractivity contribution in [3.05, 3.63) is 12.7 Å². The first-order valence-electron chi connectivity index (χ1n) is 10.6. The highest BCUT2D eigenvalue weighted by molar-refractivity contribution is 5.81. The van der Waals surface area contributed by atoms with E-state index in [-0.39, 0.29) is 0 Å². The third kappa shape index (κ3) is 6.49. The van der Waals surface area contributed by atoms with Gasteiger partial charge in [-0.05, 0) is 0 Å². The van der Waals surface area contributed by atoms with Gasteiger partial charge in [0.05, 0.1) is 6.42 Å². The van der Waals surface area contributed by atoms with E-state index in [0.717, 1.165) is 0 Å². The van der Waals surface area contributed by atoms with Crippen LogP contribution in [0.3, 0.4) is 0 Å². The smallest absolute Gasteiger partial charge is 0.385 e. The highest BCUT2D eigenvalue weighted by Gasteiger charge is 2.88. The standard InChI is InChI=1S/C19H16F20O5/c1-2-8(42)44-14(43,5-11(24,25)16(32,33)13(28,29)7-41)18(36,37)19(38,39)17(34,35)10(22,23)4-3-9(20,21)15(30,31)12(26,27)6-40/h2,40-41,43H,1,3-7H2. The molecule has 25 heteroatoms. The summed E-state index contributed by atoms with van der Waals surface area (Å²) in [6.07, 6.45) is -12.7. The average molecular weight is 704 g/mol. The summed E-state index contributed by atoms with van der Waals surface area (Å²) >= 11 is 0. The third-order valence-corrected chi connectivity index (χ3v) is 5.62. The molecule has 0 aromatic carbocycles. The quantitative estimate of drug-likeness (QED) is 0.0759. The van der Waals surface area contributed by atoms with E-state index >= 15 is 0 Å². The zero-order valence-electron chi connectivity index (χ0n) is 20.5. The number of ether oxygens (including phenoxy) is 1. The first-order valence-corrected chi connectivity index (χ1v) is 10.6. The Balaban J connectivity index is 6.98. The summed E-state index contributed by atoms with van der Waals surface area (Å²) in [4.78, 5) is 11.2. The van der Waals surface area contributed by atoms with Gasteiger partial charge in [0.1, 0.15) is 13.2 Å². The summed E-state index contributed by atoms with van der Waals surface area (Å²) < 4.78 is 278. The molecule has 1 atom stereocenters. The van der Waals surface area contributed by atoms with Crippen molar-refractivity contribution in [1.29, 1.82) is 0 Å². The van der Waals surface area contributed by atoms with Gasteiger partial charge in [-0.2, -0.15) is 87.8 Å². The first kappa shape index (κ1) is 41.7. The van der Waals surface area contributed by atoms with Gasteiger partial charge in [-0.15, -0.1) is 0 Å². The summed E-state index contributed by atoms with van der Waals surface area (Å²) in [5.74, 6) is -81.8. The maximum Gasteiger partial charge on any atom is 0.385 e. The number of alkyl halides is 20. The van der Waals surface area contributed by atoms with Crippen LogP contribution in [0.5, 0.6) is 0 Å². The minimum absolute atomic E-state index is 0.588. The van der Waals surface area contributed by atoms with Crippen LogP contribution in [0.4, 0.5) is 87.8 Å². The normalized spacial score (nSPS) is 16.9. The number of carbonyl (C=O) groups excluding carboxylic acids is 1. The minimum Gasteiger partial charge on any atom is -0.423 e. The van der Waals surface area contributed by atoms with Gasteiger partial charge in [0, 0.05) is 18.9 Å². The fourth-order valence-corrected chi connectivity index (χ4v) is 2.87. The molecule has 0 heterocycles. The van der Waals surface area contributed by atoms with Gasteiger partial charge in [-0.3, -0.25) is 0 Å². The molecule has 1 unspecified atom stereocenters. The summed E-state index contributed by atoms with van der Waals surface area (Å²) in [5.41, 5.74) is 0. The van der Waals surface area contributed by atoms with E-state index in [2.05, 4.69) is 11.3 Å². The van der Waals surface area contributed by atoms with Crippen molar-refractivity contribution in [3.8, 4) is 0 Å². The van der Waals surface area contributed by atoms with Gasteiger partial charge in [0.25, 0.3) is 5.79 Å². The van der Waals surface area contributed by atoms with Crippen LogP contribution in [0.25, 0.3) is 0 Å². The van der Waals surface area contributed by atoms with E-state index in [1.807, 2.05) is 0 Å². The van der Waals surface area contributed by atoms with Crippen LogP contribution in [0.2, 0.25) is 0 Å². The second kappa shape index (κ2) is 11.8. The lowest BCUT2D eigenvalue weighted by atomic mass is 9.86. The maximum absolute atomic E-state index is 14.6. The second-order valence-corrected chi connectivity index (χ2v) is 8.80. The number of carbonyl (C=O) groups is 1. The Morgan fingerprint density at radius 2 is 0.841 bits per heavy atom. The number of hydrogen-bond donors (Lipinski definition) is 3. The van der Waals surface area contributed by atoms with Crippen molar-refractivity contribution in [1.82, 2.24) is 0 Å². The molecule has 0 saturated heterocycles. The van der Waals surface area contributed by atoms with E-state index in [0.29, 0.717) is 0 Å². The highest BCUT2D eigenvalue weighted by atomic mass is 19.4. The Morgan fingerprint density at radius 3 is 1.16 bits per heavy atom. The average Bonchev–Trinajstić information content (AvgIpc) is 2.85. The SMILES string of the molecule is C=CC(=O)OC(O)(CC(F)(F)C(F)(F)C(F)(F)CO)C(F)(F)C(F)(F)C(F)(F)C(F)(F)CCC(F)(F)C(F)(F)C(F)(F)CO. The Morgan fingerprint density at radius 1 is 0.523 bits per heavy atom. The number of aliphatic hydroxyl groups excluding tert-OH is 2. The van der Waals surface area contributed by atoms with Crippen LogP contribution in [0.1, 0.15) is 19.3 Å². The molecule has 0 rings (SSSR count). The van der Waals surface area contributed by atoms with Crippen LogP contribution < -0.4 is 0 Å². The predicted octanol–water partition coefficient (Wildman–Crippen LogP) is 5.91. The van der Waals surface area contributed by atoms with Crippen molar-refractivity contribution in [3.63, 3.8) is 0 Å².